The van der Waals surface area contributed by atoms with Crippen molar-refractivity contribution in [3.05, 3.63) is 0 Å². The molecule has 0 aromatic rings. The maximum absolute atomic E-state index is 5.44. The van der Waals surface area contributed by atoms with Gasteiger partial charge in [-0.3, -0.25) is 0 Å². The van der Waals surface area contributed by atoms with E-state index in [0.29, 0.717) is 6.10 Å². The first-order valence-electron chi connectivity index (χ1n) is 11.4. The van der Waals surface area contributed by atoms with E-state index in [1.807, 2.05) is 0 Å². The van der Waals surface area contributed by atoms with E-state index in [-0.39, 0.29) is 12.4 Å². The van der Waals surface area contributed by atoms with E-state index >= 15 is 0 Å². The highest BCUT2D eigenvalue weighted by molar-refractivity contribution is 4.65. The van der Waals surface area contributed by atoms with Crippen molar-refractivity contribution in [2.45, 2.75) is 116 Å². The van der Waals surface area contributed by atoms with Crippen molar-refractivity contribution in [2.24, 2.45) is 0 Å². The quantitative estimate of drug-likeness (QED) is 0.303. The summed E-state index contributed by atoms with van der Waals surface area (Å²) in [6, 6.07) is 0. The molecule has 0 spiro atoms. The molecule has 1 atom stereocenters. The average Bonchev–Trinajstić information content (AvgIpc) is 2.53. The lowest BCUT2D eigenvalue weighted by Crippen LogP contribution is -3.00. The van der Waals surface area contributed by atoms with Crippen LogP contribution in [0.5, 0.6) is 0 Å². The third-order valence-electron chi connectivity index (χ3n) is 5.37. The second kappa shape index (κ2) is 20.0. The molecule has 1 aliphatic rings. The van der Waals surface area contributed by atoms with Crippen LogP contribution in [0.15, 0.2) is 0 Å². The molecular weight excluding hydrogens is 342 g/mol. The van der Waals surface area contributed by atoms with E-state index in [1.165, 1.54) is 103 Å². The van der Waals surface area contributed by atoms with Gasteiger partial charge in [0.2, 0.25) is 0 Å². The third kappa shape index (κ3) is 22.3. The first-order valence-corrected chi connectivity index (χ1v) is 11.4. The van der Waals surface area contributed by atoms with Crippen LogP contribution in [0.4, 0.5) is 0 Å². The lowest BCUT2D eigenvalue weighted by molar-refractivity contribution is -0.868. The summed E-state index contributed by atoms with van der Waals surface area (Å²) >= 11 is 0. The van der Waals surface area contributed by atoms with Gasteiger partial charge < -0.3 is 21.6 Å². The molecule has 0 N–H and O–H groups in total. The number of quaternary nitrogens is 1. The van der Waals surface area contributed by atoms with Crippen LogP contribution in [0, 0.1) is 0 Å². The first-order chi connectivity index (χ1) is 12.0. The summed E-state index contributed by atoms with van der Waals surface area (Å²) in [5, 5.41) is 0. The predicted octanol–water partition coefficient (Wildman–Crippen LogP) is 3.97. The van der Waals surface area contributed by atoms with Crippen molar-refractivity contribution in [3.63, 3.8) is 0 Å². The van der Waals surface area contributed by atoms with Gasteiger partial charge in [0.25, 0.3) is 0 Å². The molecule has 3 heteroatoms. The molecule has 0 radical (unpaired) electrons. The molecule has 1 unspecified atom stereocenters. The Morgan fingerprint density at radius 2 is 1.04 bits per heavy atom. The summed E-state index contributed by atoms with van der Waals surface area (Å²) in [6.07, 6.45) is 22.1. The van der Waals surface area contributed by atoms with Gasteiger partial charge in [0.1, 0.15) is 0 Å². The van der Waals surface area contributed by atoms with Crippen LogP contribution in [0.25, 0.3) is 0 Å². The van der Waals surface area contributed by atoms with Gasteiger partial charge in [0.15, 0.2) is 0 Å². The van der Waals surface area contributed by atoms with E-state index in [4.69, 9.17) is 4.74 Å². The monoisotopic (exact) mass is 391 g/mol. The lowest BCUT2D eigenvalue weighted by Gasteiger charge is -2.26. The number of unbranched alkanes of at least 4 members (excludes halogenated alkanes) is 12. The summed E-state index contributed by atoms with van der Waals surface area (Å²) in [5.41, 5.74) is 0. The maximum atomic E-state index is 5.44. The summed E-state index contributed by atoms with van der Waals surface area (Å²) in [6.45, 7) is 6.70. The molecule has 0 bridgehead atoms. The average molecular weight is 392 g/mol. The van der Waals surface area contributed by atoms with Crippen molar-refractivity contribution in [1.29, 1.82) is 0 Å². The Bertz CT molecular complexity index is 261. The van der Waals surface area contributed by atoms with Crippen LogP contribution >= 0.6 is 0 Å². The molecule has 1 aliphatic heterocycles. The summed E-state index contributed by atoms with van der Waals surface area (Å²) in [7, 11) is 6.54. The standard InChI is InChI=1S/C18H36O.C5H14N.ClH/c1-2-3-4-5-6-7-8-9-10-11-12-13-14-15-18-16-17-19-18;1-5-6(2,3)4;/h18H,2-17H2,1H3;5H2,1-4H3;1H/q;+1;/p-1. The number of ether oxygens (including phenoxy) is 1. The van der Waals surface area contributed by atoms with Crippen molar-refractivity contribution in [2.75, 3.05) is 34.3 Å². The molecule has 1 fully saturated rings. The topological polar surface area (TPSA) is 9.23 Å². The minimum absolute atomic E-state index is 0. The van der Waals surface area contributed by atoms with Crippen LogP contribution in [-0.4, -0.2) is 44.9 Å². The van der Waals surface area contributed by atoms with Crippen LogP contribution in [-0.2, 0) is 4.74 Å². The Morgan fingerprint density at radius 3 is 1.31 bits per heavy atom. The number of hydrogen-bond donors (Lipinski definition) is 0. The molecule has 160 valence electrons. The lowest BCUT2D eigenvalue weighted by atomic mass is 10.0. The van der Waals surface area contributed by atoms with Gasteiger partial charge in [0.05, 0.1) is 33.8 Å². The van der Waals surface area contributed by atoms with E-state index in [9.17, 15) is 0 Å². The highest BCUT2D eigenvalue weighted by Gasteiger charge is 2.16. The van der Waals surface area contributed by atoms with E-state index < -0.39 is 0 Å². The Kier molecular flexibility index (Phi) is 21.8. The fourth-order valence-electron chi connectivity index (χ4n) is 2.90. The number of rotatable bonds is 15. The van der Waals surface area contributed by atoms with Crippen molar-refractivity contribution in [3.8, 4) is 0 Å². The van der Waals surface area contributed by atoms with Gasteiger partial charge in [-0.25, -0.2) is 0 Å². The summed E-state index contributed by atoms with van der Waals surface area (Å²) in [4.78, 5) is 0. The smallest absolute Gasteiger partial charge is 0.0751 e. The van der Waals surface area contributed by atoms with Gasteiger partial charge >= 0.3 is 0 Å². The van der Waals surface area contributed by atoms with Crippen molar-refractivity contribution >= 4 is 0 Å². The van der Waals surface area contributed by atoms with Gasteiger partial charge in [-0.2, -0.15) is 0 Å². The summed E-state index contributed by atoms with van der Waals surface area (Å²) in [5.74, 6) is 0. The largest absolute Gasteiger partial charge is 1.00 e. The Balaban J connectivity index is 0. The van der Waals surface area contributed by atoms with Crippen LogP contribution in [0.2, 0.25) is 0 Å². The molecule has 0 amide bonds. The van der Waals surface area contributed by atoms with Crippen molar-refractivity contribution in [1.82, 2.24) is 0 Å². The van der Waals surface area contributed by atoms with Crippen molar-refractivity contribution < 1.29 is 21.6 Å². The van der Waals surface area contributed by atoms with Crippen LogP contribution in [0.3, 0.4) is 0 Å². The first kappa shape index (κ1) is 28.4. The Hall–Kier alpha value is 0.210. The van der Waals surface area contributed by atoms with Crippen LogP contribution < -0.4 is 12.4 Å². The number of nitrogens with zero attached hydrogens (tertiary/aromatic N) is 1. The van der Waals surface area contributed by atoms with E-state index in [0.717, 1.165) is 11.1 Å². The zero-order chi connectivity index (χ0) is 18.8. The predicted molar refractivity (Wildman–Crippen MR) is 113 cm³/mol. The highest BCUT2D eigenvalue weighted by atomic mass is 35.5. The Morgan fingerprint density at radius 1 is 0.692 bits per heavy atom. The molecule has 0 aromatic carbocycles. The molecule has 1 saturated heterocycles. The molecule has 1 rings (SSSR count). The minimum Gasteiger partial charge on any atom is -1.00 e. The second-order valence-electron chi connectivity index (χ2n) is 8.92. The molecule has 0 saturated carbocycles. The van der Waals surface area contributed by atoms with Crippen LogP contribution in [0.1, 0.15) is 110 Å². The van der Waals surface area contributed by atoms with Gasteiger partial charge in [-0.1, -0.05) is 90.4 Å². The van der Waals surface area contributed by atoms with Gasteiger partial charge in [0, 0.05) is 6.61 Å². The summed E-state index contributed by atoms with van der Waals surface area (Å²) < 4.78 is 6.51. The third-order valence-corrected chi connectivity index (χ3v) is 5.37. The zero-order valence-corrected chi connectivity index (χ0v) is 19.6. The highest BCUT2D eigenvalue weighted by Crippen LogP contribution is 2.19. The second-order valence-corrected chi connectivity index (χ2v) is 8.92. The fourth-order valence-corrected chi connectivity index (χ4v) is 2.90. The number of halogens is 1. The van der Waals surface area contributed by atoms with Gasteiger partial charge in [-0.15, -0.1) is 0 Å². The zero-order valence-electron chi connectivity index (χ0n) is 18.8. The minimum atomic E-state index is 0. The normalized spacial score (nSPS) is 16.3. The molecule has 0 aliphatic carbocycles. The molecule has 2 nitrogen and oxygen atoms in total. The molecule has 1 heterocycles. The fraction of sp³-hybridized carbons (Fsp3) is 1.00. The van der Waals surface area contributed by atoms with E-state index in [1.54, 1.807) is 0 Å². The number of hydrogen-bond acceptors (Lipinski definition) is 1. The SMILES string of the molecule is CCCCCCCCCCCCCCCC1CCO1.CC[N+](C)(C)C.[Cl-]. The maximum Gasteiger partial charge on any atom is 0.0751 e. The molecule has 0 aromatic heterocycles. The molecular formula is C23H50ClNO. The Labute approximate surface area is 172 Å². The molecule has 26 heavy (non-hydrogen) atoms. The van der Waals surface area contributed by atoms with Gasteiger partial charge in [-0.05, 0) is 19.8 Å². The van der Waals surface area contributed by atoms with E-state index in [2.05, 4.69) is 35.0 Å².